The van der Waals surface area contributed by atoms with Gasteiger partial charge >= 0.3 is 0 Å². The van der Waals surface area contributed by atoms with Crippen LogP contribution in [0.15, 0.2) is 36.4 Å². The second-order valence-electron chi connectivity index (χ2n) is 4.85. The van der Waals surface area contributed by atoms with Crippen molar-refractivity contribution in [3.05, 3.63) is 36.4 Å². The number of anilines is 1. The van der Waals surface area contributed by atoms with E-state index in [0.717, 1.165) is 24.2 Å². The average molecular weight is 227 g/mol. The molecule has 0 unspecified atom stereocenters. The Labute approximate surface area is 101 Å². The predicted octanol–water partition coefficient (Wildman–Crippen LogP) is 2.53. The lowest BCUT2D eigenvalue weighted by molar-refractivity contribution is 0.286. The Balaban J connectivity index is 1.90. The molecule has 1 aromatic carbocycles. The first kappa shape index (κ1) is 10.5. The van der Waals surface area contributed by atoms with Crippen LogP contribution >= 0.6 is 0 Å². The SMILES string of the molecule is NCC1(Nc2ccc3ccccc3n2)CCC1. The highest BCUT2D eigenvalue weighted by molar-refractivity contribution is 5.80. The molecule has 0 radical (unpaired) electrons. The first-order chi connectivity index (χ1) is 8.31. The van der Waals surface area contributed by atoms with Gasteiger partial charge in [-0.25, -0.2) is 4.98 Å². The summed E-state index contributed by atoms with van der Waals surface area (Å²) in [5, 5.41) is 4.67. The Morgan fingerprint density at radius 2 is 2.00 bits per heavy atom. The van der Waals surface area contributed by atoms with Crippen LogP contribution in [-0.2, 0) is 0 Å². The maximum Gasteiger partial charge on any atom is 0.127 e. The van der Waals surface area contributed by atoms with Crippen LogP contribution in [0.5, 0.6) is 0 Å². The van der Waals surface area contributed by atoms with E-state index in [0.29, 0.717) is 6.54 Å². The van der Waals surface area contributed by atoms with E-state index in [4.69, 9.17) is 5.73 Å². The second-order valence-corrected chi connectivity index (χ2v) is 4.85. The monoisotopic (exact) mass is 227 g/mol. The fraction of sp³-hybridized carbons (Fsp3) is 0.357. The number of hydrogen-bond donors (Lipinski definition) is 2. The molecule has 3 rings (SSSR count). The minimum absolute atomic E-state index is 0.0927. The van der Waals surface area contributed by atoms with Crippen LogP contribution in [0.2, 0.25) is 0 Å². The van der Waals surface area contributed by atoms with Crippen molar-refractivity contribution in [3.63, 3.8) is 0 Å². The molecule has 1 heterocycles. The number of nitrogens with one attached hydrogen (secondary N) is 1. The van der Waals surface area contributed by atoms with E-state index >= 15 is 0 Å². The van der Waals surface area contributed by atoms with Gasteiger partial charge in [-0.05, 0) is 37.5 Å². The second kappa shape index (κ2) is 4.00. The van der Waals surface area contributed by atoms with Gasteiger partial charge in [-0.15, -0.1) is 0 Å². The third-order valence-corrected chi connectivity index (χ3v) is 3.69. The van der Waals surface area contributed by atoms with Crippen LogP contribution in [0.4, 0.5) is 5.82 Å². The summed E-state index contributed by atoms with van der Waals surface area (Å²) < 4.78 is 0. The largest absolute Gasteiger partial charge is 0.363 e. The summed E-state index contributed by atoms with van der Waals surface area (Å²) in [6.45, 7) is 0.682. The summed E-state index contributed by atoms with van der Waals surface area (Å²) in [6, 6.07) is 12.3. The summed E-state index contributed by atoms with van der Waals surface area (Å²) in [6.07, 6.45) is 3.56. The van der Waals surface area contributed by atoms with Crippen molar-refractivity contribution in [1.82, 2.24) is 4.98 Å². The Morgan fingerprint density at radius 3 is 2.71 bits per heavy atom. The standard InChI is InChI=1S/C14H17N3/c15-10-14(8-3-9-14)17-13-7-6-11-4-1-2-5-12(11)16-13/h1-2,4-7H,3,8-10,15H2,(H,16,17). The normalized spacial score (nSPS) is 17.7. The minimum Gasteiger partial charge on any atom is -0.363 e. The summed E-state index contributed by atoms with van der Waals surface area (Å²) in [7, 11) is 0. The summed E-state index contributed by atoms with van der Waals surface area (Å²) in [5.41, 5.74) is 6.96. The van der Waals surface area contributed by atoms with Crippen molar-refractivity contribution < 1.29 is 0 Å². The van der Waals surface area contributed by atoms with Crippen LogP contribution in [-0.4, -0.2) is 17.1 Å². The van der Waals surface area contributed by atoms with E-state index in [1.165, 1.54) is 11.8 Å². The van der Waals surface area contributed by atoms with Gasteiger partial charge in [0.2, 0.25) is 0 Å². The lowest BCUT2D eigenvalue weighted by Gasteiger charge is -2.42. The molecule has 1 aromatic heterocycles. The number of hydrogen-bond acceptors (Lipinski definition) is 3. The molecule has 0 aliphatic heterocycles. The molecule has 2 aromatic rings. The zero-order valence-electron chi connectivity index (χ0n) is 9.82. The third kappa shape index (κ3) is 1.87. The number of para-hydroxylation sites is 1. The fourth-order valence-electron chi connectivity index (χ4n) is 2.39. The Kier molecular flexibility index (Phi) is 2.48. The first-order valence-electron chi connectivity index (χ1n) is 6.15. The van der Waals surface area contributed by atoms with Crippen molar-refractivity contribution in [1.29, 1.82) is 0 Å². The van der Waals surface area contributed by atoms with Gasteiger partial charge in [0.05, 0.1) is 11.1 Å². The van der Waals surface area contributed by atoms with Crippen LogP contribution in [0.25, 0.3) is 10.9 Å². The highest BCUT2D eigenvalue weighted by atomic mass is 15.1. The number of nitrogens with zero attached hydrogens (tertiary/aromatic N) is 1. The quantitative estimate of drug-likeness (QED) is 0.847. The maximum atomic E-state index is 5.84. The van der Waals surface area contributed by atoms with Gasteiger partial charge in [-0.2, -0.15) is 0 Å². The molecule has 1 fully saturated rings. The number of rotatable bonds is 3. The lowest BCUT2D eigenvalue weighted by atomic mass is 9.77. The molecule has 0 saturated heterocycles. The highest BCUT2D eigenvalue weighted by Gasteiger charge is 2.35. The van der Waals surface area contributed by atoms with Crippen molar-refractivity contribution in [2.75, 3.05) is 11.9 Å². The van der Waals surface area contributed by atoms with Gasteiger partial charge in [-0.3, -0.25) is 0 Å². The minimum atomic E-state index is 0.0927. The summed E-state index contributed by atoms with van der Waals surface area (Å²) >= 11 is 0. The molecule has 3 nitrogen and oxygen atoms in total. The highest BCUT2D eigenvalue weighted by Crippen LogP contribution is 2.34. The number of fused-ring (bicyclic) bond motifs is 1. The molecule has 0 amide bonds. The summed E-state index contributed by atoms with van der Waals surface area (Å²) in [5.74, 6) is 0.939. The van der Waals surface area contributed by atoms with Gasteiger partial charge < -0.3 is 11.1 Å². The molecule has 3 N–H and O–H groups in total. The molecule has 1 aliphatic rings. The molecule has 3 heteroatoms. The summed E-state index contributed by atoms with van der Waals surface area (Å²) in [4.78, 5) is 4.62. The van der Waals surface area contributed by atoms with E-state index in [1.54, 1.807) is 0 Å². The van der Waals surface area contributed by atoms with E-state index in [9.17, 15) is 0 Å². The average Bonchev–Trinajstić information content (AvgIpc) is 2.34. The molecular formula is C14H17N3. The van der Waals surface area contributed by atoms with Crippen LogP contribution in [0.3, 0.4) is 0 Å². The van der Waals surface area contributed by atoms with Crippen LogP contribution in [0.1, 0.15) is 19.3 Å². The number of nitrogens with two attached hydrogens (primary N) is 1. The third-order valence-electron chi connectivity index (χ3n) is 3.69. The number of aromatic nitrogens is 1. The lowest BCUT2D eigenvalue weighted by Crippen LogP contribution is -2.51. The Hall–Kier alpha value is -1.61. The molecule has 1 aliphatic carbocycles. The van der Waals surface area contributed by atoms with E-state index in [-0.39, 0.29) is 5.54 Å². The van der Waals surface area contributed by atoms with Crippen LogP contribution < -0.4 is 11.1 Å². The van der Waals surface area contributed by atoms with Gasteiger partial charge in [0.1, 0.15) is 5.82 Å². The zero-order chi connectivity index (χ0) is 11.7. The van der Waals surface area contributed by atoms with Crippen molar-refractivity contribution in [3.8, 4) is 0 Å². The predicted molar refractivity (Wildman–Crippen MR) is 71.0 cm³/mol. The van der Waals surface area contributed by atoms with E-state index in [1.807, 2.05) is 24.3 Å². The topological polar surface area (TPSA) is 50.9 Å². The molecule has 0 bridgehead atoms. The van der Waals surface area contributed by atoms with Gasteiger partial charge in [0, 0.05) is 11.9 Å². The maximum absolute atomic E-state index is 5.84. The fourth-order valence-corrected chi connectivity index (χ4v) is 2.39. The van der Waals surface area contributed by atoms with Crippen molar-refractivity contribution in [2.45, 2.75) is 24.8 Å². The smallest absolute Gasteiger partial charge is 0.127 e. The number of benzene rings is 1. The molecule has 0 spiro atoms. The molecule has 88 valence electrons. The first-order valence-corrected chi connectivity index (χ1v) is 6.15. The zero-order valence-corrected chi connectivity index (χ0v) is 9.82. The Morgan fingerprint density at radius 1 is 1.18 bits per heavy atom. The number of pyridine rings is 1. The van der Waals surface area contributed by atoms with E-state index < -0.39 is 0 Å². The Bertz CT molecular complexity index is 526. The molecule has 17 heavy (non-hydrogen) atoms. The van der Waals surface area contributed by atoms with Gasteiger partial charge in [-0.1, -0.05) is 18.2 Å². The van der Waals surface area contributed by atoms with Gasteiger partial charge in [0.25, 0.3) is 0 Å². The molecule has 0 atom stereocenters. The van der Waals surface area contributed by atoms with Crippen LogP contribution in [0, 0.1) is 0 Å². The van der Waals surface area contributed by atoms with Gasteiger partial charge in [0.15, 0.2) is 0 Å². The van der Waals surface area contributed by atoms with Crippen molar-refractivity contribution in [2.24, 2.45) is 5.73 Å². The molecular weight excluding hydrogens is 210 g/mol. The molecule has 1 saturated carbocycles. The van der Waals surface area contributed by atoms with E-state index in [2.05, 4.69) is 22.4 Å². The van der Waals surface area contributed by atoms with Crippen molar-refractivity contribution >= 4 is 16.7 Å².